The summed E-state index contributed by atoms with van der Waals surface area (Å²) in [6.07, 6.45) is 6.83. The molecular weight excluding hydrogens is 330 g/mol. The fraction of sp³-hybridized carbons (Fsp3) is 0.280. The zero-order valence-electron chi connectivity index (χ0n) is 15.7. The molecule has 0 radical (unpaired) electrons. The maximum Gasteiger partial charge on any atom is 0.137 e. The predicted octanol–water partition coefficient (Wildman–Crippen LogP) is 7.28. The molecule has 0 spiro atoms. The Balaban J connectivity index is 1.65. The van der Waals surface area contributed by atoms with Gasteiger partial charge >= 0.3 is 0 Å². The van der Waals surface area contributed by atoms with E-state index >= 15 is 0 Å². The summed E-state index contributed by atoms with van der Waals surface area (Å²) in [7, 11) is 2.17. The van der Waals surface area contributed by atoms with Crippen molar-refractivity contribution in [1.29, 1.82) is 0 Å². The van der Waals surface area contributed by atoms with Gasteiger partial charge < -0.3 is 8.98 Å². The van der Waals surface area contributed by atoms with Gasteiger partial charge in [-0.05, 0) is 48.6 Å². The van der Waals surface area contributed by atoms with Gasteiger partial charge in [0.15, 0.2) is 0 Å². The molecule has 134 valence electrons. The van der Waals surface area contributed by atoms with Crippen LogP contribution in [0.15, 0.2) is 59.0 Å². The molecule has 6 rings (SSSR count). The molecule has 27 heavy (non-hydrogen) atoms. The molecule has 0 saturated heterocycles. The minimum absolute atomic E-state index is 0.733. The molecule has 2 heterocycles. The standard InChI is InChI=1S/C25H23NO/c1-26-22-12-11-17(16-7-3-2-4-8-16)13-19(22)20-14-21-18-9-5-6-10-24(18)27-25(21)15-23(20)26/h5-6,9-16H,2-4,7-8H2,1H3. The molecule has 3 aromatic carbocycles. The molecule has 1 aliphatic carbocycles. The SMILES string of the molecule is Cn1c2ccc(C3CCCCC3)cc2c2cc3c(cc21)oc1ccccc13. The van der Waals surface area contributed by atoms with Gasteiger partial charge in [0.05, 0.1) is 5.52 Å². The molecule has 5 aromatic rings. The summed E-state index contributed by atoms with van der Waals surface area (Å²) in [6.45, 7) is 0. The van der Waals surface area contributed by atoms with Gasteiger partial charge in [-0.25, -0.2) is 0 Å². The highest BCUT2D eigenvalue weighted by Gasteiger charge is 2.18. The fourth-order valence-corrected chi connectivity index (χ4v) is 5.14. The first-order valence-corrected chi connectivity index (χ1v) is 10.1. The van der Waals surface area contributed by atoms with Gasteiger partial charge in [-0.3, -0.25) is 0 Å². The van der Waals surface area contributed by atoms with Crippen molar-refractivity contribution in [2.75, 3.05) is 0 Å². The van der Waals surface area contributed by atoms with Crippen molar-refractivity contribution < 1.29 is 4.42 Å². The predicted molar refractivity (Wildman–Crippen MR) is 114 cm³/mol. The monoisotopic (exact) mass is 353 g/mol. The van der Waals surface area contributed by atoms with Crippen LogP contribution in [-0.4, -0.2) is 4.57 Å². The zero-order valence-corrected chi connectivity index (χ0v) is 15.7. The molecule has 2 nitrogen and oxygen atoms in total. The van der Waals surface area contributed by atoms with Gasteiger partial charge in [0.2, 0.25) is 0 Å². The first-order valence-electron chi connectivity index (χ1n) is 10.1. The third-order valence-electron chi connectivity index (χ3n) is 6.61. The Morgan fingerprint density at radius 3 is 2.44 bits per heavy atom. The second-order valence-corrected chi connectivity index (χ2v) is 8.13. The van der Waals surface area contributed by atoms with Crippen molar-refractivity contribution in [2.24, 2.45) is 7.05 Å². The number of hydrogen-bond acceptors (Lipinski definition) is 1. The molecular formula is C25H23NO. The van der Waals surface area contributed by atoms with E-state index in [9.17, 15) is 0 Å². The van der Waals surface area contributed by atoms with E-state index in [0.29, 0.717) is 0 Å². The van der Waals surface area contributed by atoms with Gasteiger partial charge in [0.1, 0.15) is 11.2 Å². The molecule has 1 fully saturated rings. The summed E-state index contributed by atoms with van der Waals surface area (Å²) in [5, 5.41) is 5.13. The maximum atomic E-state index is 6.12. The van der Waals surface area contributed by atoms with E-state index in [0.717, 1.165) is 17.1 Å². The summed E-state index contributed by atoms with van der Waals surface area (Å²) >= 11 is 0. The zero-order chi connectivity index (χ0) is 18.0. The van der Waals surface area contributed by atoms with E-state index in [1.807, 2.05) is 6.07 Å². The number of rotatable bonds is 1. The number of para-hydroxylation sites is 1. The quantitative estimate of drug-likeness (QED) is 0.310. The van der Waals surface area contributed by atoms with Crippen LogP contribution in [0.4, 0.5) is 0 Å². The van der Waals surface area contributed by atoms with Crippen molar-refractivity contribution in [3.8, 4) is 0 Å². The van der Waals surface area contributed by atoms with Crippen LogP contribution in [-0.2, 0) is 7.05 Å². The Bertz CT molecular complexity index is 1310. The molecule has 0 bridgehead atoms. The lowest BCUT2D eigenvalue weighted by Gasteiger charge is -2.22. The number of aryl methyl sites for hydroxylation is 1. The van der Waals surface area contributed by atoms with Crippen LogP contribution in [0.1, 0.15) is 43.6 Å². The fourth-order valence-electron chi connectivity index (χ4n) is 5.14. The topological polar surface area (TPSA) is 18.1 Å². The first-order chi connectivity index (χ1) is 13.3. The van der Waals surface area contributed by atoms with Crippen LogP contribution in [0.25, 0.3) is 43.7 Å². The average molecular weight is 353 g/mol. The average Bonchev–Trinajstić information content (AvgIpc) is 3.22. The molecule has 1 saturated carbocycles. The third kappa shape index (κ3) is 2.19. The Labute approximate surface area is 158 Å². The Kier molecular flexibility index (Phi) is 3.19. The van der Waals surface area contributed by atoms with Crippen LogP contribution in [0, 0.1) is 0 Å². The molecule has 0 atom stereocenters. The lowest BCUT2D eigenvalue weighted by atomic mass is 9.84. The van der Waals surface area contributed by atoms with Gasteiger partial charge in [-0.15, -0.1) is 0 Å². The van der Waals surface area contributed by atoms with Crippen molar-refractivity contribution >= 4 is 43.7 Å². The second-order valence-electron chi connectivity index (χ2n) is 8.13. The lowest BCUT2D eigenvalue weighted by molar-refractivity contribution is 0.444. The smallest absolute Gasteiger partial charge is 0.137 e. The Morgan fingerprint density at radius 2 is 1.56 bits per heavy atom. The van der Waals surface area contributed by atoms with Gasteiger partial charge in [0, 0.05) is 40.2 Å². The maximum absolute atomic E-state index is 6.12. The van der Waals surface area contributed by atoms with E-state index in [1.165, 1.54) is 70.2 Å². The highest BCUT2D eigenvalue weighted by molar-refractivity contribution is 6.16. The van der Waals surface area contributed by atoms with Crippen molar-refractivity contribution in [2.45, 2.75) is 38.0 Å². The number of nitrogens with zero attached hydrogens (tertiary/aromatic N) is 1. The molecule has 0 aliphatic heterocycles. The molecule has 2 aromatic heterocycles. The number of hydrogen-bond donors (Lipinski definition) is 0. The van der Waals surface area contributed by atoms with Crippen molar-refractivity contribution in [3.63, 3.8) is 0 Å². The molecule has 2 heteroatoms. The van der Waals surface area contributed by atoms with Crippen LogP contribution >= 0.6 is 0 Å². The summed E-state index contributed by atoms with van der Waals surface area (Å²) in [4.78, 5) is 0. The first kappa shape index (κ1) is 15.3. The molecule has 0 unspecified atom stereocenters. The highest BCUT2D eigenvalue weighted by Crippen LogP contribution is 2.39. The van der Waals surface area contributed by atoms with E-state index in [2.05, 4.69) is 60.1 Å². The normalized spacial score (nSPS) is 16.2. The second kappa shape index (κ2) is 5.63. The summed E-state index contributed by atoms with van der Waals surface area (Å²) in [5.74, 6) is 0.733. The third-order valence-corrected chi connectivity index (χ3v) is 6.61. The van der Waals surface area contributed by atoms with E-state index in [1.54, 1.807) is 0 Å². The van der Waals surface area contributed by atoms with Crippen molar-refractivity contribution in [1.82, 2.24) is 4.57 Å². The molecule has 0 amide bonds. The number of fused-ring (bicyclic) bond motifs is 6. The summed E-state index contributed by atoms with van der Waals surface area (Å²) < 4.78 is 8.42. The highest BCUT2D eigenvalue weighted by atomic mass is 16.3. The largest absolute Gasteiger partial charge is 0.456 e. The van der Waals surface area contributed by atoms with Crippen LogP contribution in [0.2, 0.25) is 0 Å². The molecule has 0 N–H and O–H groups in total. The van der Waals surface area contributed by atoms with Crippen LogP contribution < -0.4 is 0 Å². The lowest BCUT2D eigenvalue weighted by Crippen LogP contribution is -2.04. The number of furan rings is 1. The van der Waals surface area contributed by atoms with Crippen molar-refractivity contribution in [3.05, 3.63) is 60.2 Å². The number of benzene rings is 3. The Morgan fingerprint density at radius 1 is 0.741 bits per heavy atom. The van der Waals surface area contributed by atoms with Gasteiger partial charge in [-0.2, -0.15) is 0 Å². The Hall–Kier alpha value is -2.74. The molecule has 1 aliphatic rings. The summed E-state index contributed by atoms with van der Waals surface area (Å²) in [6, 6.07) is 20.0. The number of aromatic nitrogens is 1. The van der Waals surface area contributed by atoms with E-state index in [4.69, 9.17) is 4.42 Å². The summed E-state index contributed by atoms with van der Waals surface area (Å²) in [5.41, 5.74) is 6.02. The minimum atomic E-state index is 0.733. The van der Waals surface area contributed by atoms with Crippen LogP contribution in [0.5, 0.6) is 0 Å². The van der Waals surface area contributed by atoms with Crippen LogP contribution in [0.3, 0.4) is 0 Å². The van der Waals surface area contributed by atoms with E-state index in [-0.39, 0.29) is 0 Å². The van der Waals surface area contributed by atoms with E-state index < -0.39 is 0 Å². The van der Waals surface area contributed by atoms with Gasteiger partial charge in [-0.1, -0.05) is 43.5 Å². The van der Waals surface area contributed by atoms with Gasteiger partial charge in [0.25, 0.3) is 0 Å². The minimum Gasteiger partial charge on any atom is -0.456 e.